The second-order valence-electron chi connectivity index (χ2n) is 9.92. The number of aromatic nitrogens is 1. The summed E-state index contributed by atoms with van der Waals surface area (Å²) in [6.07, 6.45) is 2.51. The minimum atomic E-state index is -1.25. The number of methoxy groups -OCH3 is 1. The van der Waals surface area contributed by atoms with E-state index in [2.05, 4.69) is 15.6 Å². The van der Waals surface area contributed by atoms with Crippen molar-refractivity contribution in [2.24, 2.45) is 5.41 Å². The molecule has 0 radical (unpaired) electrons. The number of hydrogen-bond acceptors (Lipinski definition) is 7. The van der Waals surface area contributed by atoms with Crippen LogP contribution >= 0.6 is 11.6 Å². The number of nitrogens with one attached hydrogen (secondary N) is 2. The fraction of sp³-hybridized carbons (Fsp3) is 0.226. The van der Waals surface area contributed by atoms with Gasteiger partial charge in [-0.15, -0.1) is 0 Å². The van der Waals surface area contributed by atoms with Gasteiger partial charge >= 0.3 is 43.7 Å². The number of halogens is 2. The van der Waals surface area contributed by atoms with Gasteiger partial charge in [0.15, 0.2) is 23.1 Å². The van der Waals surface area contributed by atoms with Crippen molar-refractivity contribution in [3.05, 3.63) is 77.7 Å². The number of hydrogen-bond donors (Lipinski definition) is 3. The number of carboxylic acids is 1. The first kappa shape index (κ1) is 33.3. The van der Waals surface area contributed by atoms with E-state index in [0.717, 1.165) is 6.07 Å². The summed E-state index contributed by atoms with van der Waals surface area (Å²) in [5.74, 6) is -1.69. The smallest absolute Gasteiger partial charge is 1.00 e. The molecule has 0 unspecified atom stereocenters. The number of carbonyl (C=O) groups excluding carboxylic acids is 2. The number of pyridine rings is 1. The van der Waals surface area contributed by atoms with Crippen LogP contribution < -0.4 is 24.8 Å². The number of rotatable bonds is 12. The van der Waals surface area contributed by atoms with Crippen molar-refractivity contribution in [3.63, 3.8) is 0 Å². The van der Waals surface area contributed by atoms with Gasteiger partial charge in [0.05, 0.1) is 19.2 Å². The third-order valence-corrected chi connectivity index (χ3v) is 7.13. The van der Waals surface area contributed by atoms with Crippen molar-refractivity contribution in [1.82, 2.24) is 4.98 Å². The summed E-state index contributed by atoms with van der Waals surface area (Å²) in [6, 6.07) is 15.4. The average Bonchev–Trinajstić information content (AvgIpc) is 3.79. The molecule has 44 heavy (non-hydrogen) atoms. The van der Waals surface area contributed by atoms with E-state index in [9.17, 15) is 14.4 Å². The first-order valence-electron chi connectivity index (χ1n) is 13.4. The number of carbonyl (C=O) groups is 3. The van der Waals surface area contributed by atoms with Crippen LogP contribution in [-0.2, 0) is 14.4 Å². The van der Waals surface area contributed by atoms with E-state index in [1.165, 1.54) is 25.4 Å². The predicted molar refractivity (Wildman–Crippen MR) is 165 cm³/mol. The molecule has 0 spiro atoms. The largest absolute Gasteiger partial charge is 2.00 e. The fourth-order valence-corrected chi connectivity index (χ4v) is 4.62. The molecule has 2 amide bonds. The molecular weight excluding hydrogens is 621 g/mol. The van der Waals surface area contributed by atoms with Crippen molar-refractivity contribution in [2.45, 2.75) is 25.7 Å². The van der Waals surface area contributed by atoms with Gasteiger partial charge in [-0.05, 0) is 61.7 Å². The molecule has 0 aliphatic heterocycles. The minimum absolute atomic E-state index is 0. The van der Waals surface area contributed by atoms with Gasteiger partial charge in [-0.25, -0.2) is 4.39 Å². The van der Waals surface area contributed by atoms with E-state index in [1.807, 2.05) is 0 Å². The van der Waals surface area contributed by atoms with Crippen LogP contribution in [0.25, 0.3) is 10.9 Å². The number of benzene rings is 3. The van der Waals surface area contributed by atoms with Crippen molar-refractivity contribution in [1.29, 1.82) is 0 Å². The zero-order valence-corrected chi connectivity index (χ0v) is 26.7. The van der Waals surface area contributed by atoms with Crippen LogP contribution in [0.4, 0.5) is 15.8 Å². The van der Waals surface area contributed by atoms with Crippen LogP contribution in [0.15, 0.2) is 66.9 Å². The number of anilines is 2. The Morgan fingerprint density at radius 3 is 2.34 bits per heavy atom. The Hall–Kier alpha value is -3.64. The Kier molecular flexibility index (Phi) is 10.9. The molecule has 1 fully saturated rings. The quantitative estimate of drug-likeness (QED) is 0.0928. The summed E-state index contributed by atoms with van der Waals surface area (Å²) < 4.78 is 32.1. The van der Waals surface area contributed by atoms with Crippen LogP contribution in [0, 0.1) is 11.2 Å². The molecule has 1 heterocycles. The Bertz CT molecular complexity index is 1730. The monoisotopic (exact) mass is 649 g/mol. The summed E-state index contributed by atoms with van der Waals surface area (Å²) in [7, 11) is 1.46. The van der Waals surface area contributed by atoms with E-state index < -0.39 is 29.0 Å². The van der Waals surface area contributed by atoms with Gasteiger partial charge in [0.1, 0.15) is 11.2 Å². The molecule has 0 saturated heterocycles. The molecule has 0 atom stereocenters. The zero-order valence-electron chi connectivity index (χ0n) is 25.7. The van der Waals surface area contributed by atoms with Crippen molar-refractivity contribution < 1.29 is 40.9 Å². The molecule has 3 N–H and O–H groups in total. The standard InChI is InChI=1S/C31H27ClFN3O7.Ca.2H/c1-41-26-16-21-23(17-27(26)42-13-3-6-28(37)38)34-12-9-24(21)43-25-8-7-20(15-22(25)33)36-30(40)31(10-11-31)29(39)35-19-5-2-4-18(32)14-19;;;/h2,4-5,7-9,12,14-17H,3,6,10-11,13H2,1H3,(H,35,39)(H,36,40)(H,37,38);;;/q;+2;2*-1. The van der Waals surface area contributed by atoms with Gasteiger partial charge in [-0.1, -0.05) is 17.7 Å². The molecule has 1 saturated carbocycles. The number of amides is 2. The van der Waals surface area contributed by atoms with Crippen LogP contribution in [0.1, 0.15) is 28.5 Å². The number of ether oxygens (including phenoxy) is 3. The minimum Gasteiger partial charge on any atom is -1.00 e. The predicted octanol–water partition coefficient (Wildman–Crippen LogP) is 6.27. The Labute approximate surface area is 289 Å². The number of aliphatic carboxylic acids is 1. The van der Waals surface area contributed by atoms with E-state index in [-0.39, 0.29) is 65.1 Å². The van der Waals surface area contributed by atoms with E-state index in [1.54, 1.807) is 42.5 Å². The fourth-order valence-electron chi connectivity index (χ4n) is 4.43. The van der Waals surface area contributed by atoms with Crippen LogP contribution in [0.5, 0.6) is 23.0 Å². The third-order valence-electron chi connectivity index (χ3n) is 6.89. The van der Waals surface area contributed by atoms with Crippen molar-refractivity contribution in [3.8, 4) is 23.0 Å². The molecule has 226 valence electrons. The summed E-state index contributed by atoms with van der Waals surface area (Å²) in [6.45, 7) is 0.173. The molecule has 13 heteroatoms. The Balaban J connectivity index is 0.00000245. The van der Waals surface area contributed by atoms with E-state index in [0.29, 0.717) is 58.1 Å². The van der Waals surface area contributed by atoms with Crippen molar-refractivity contribution in [2.75, 3.05) is 24.4 Å². The Morgan fingerprint density at radius 2 is 1.70 bits per heavy atom. The third kappa shape index (κ3) is 7.70. The normalized spacial score (nSPS) is 12.9. The van der Waals surface area contributed by atoms with Gasteiger partial charge in [-0.3, -0.25) is 19.4 Å². The van der Waals surface area contributed by atoms with E-state index in [4.69, 9.17) is 30.9 Å². The summed E-state index contributed by atoms with van der Waals surface area (Å²) in [5, 5.41) is 15.2. The topological polar surface area (TPSA) is 136 Å². The SMILES string of the molecule is COc1cc2c(Oc3ccc(NC(=O)C4(C(=O)Nc5cccc(Cl)c5)CC4)cc3F)ccnc2cc1OCCCC(=O)O.[Ca+2].[H-].[H-]. The first-order chi connectivity index (χ1) is 20.7. The first-order valence-corrected chi connectivity index (χ1v) is 13.7. The molecule has 3 aromatic carbocycles. The number of fused-ring (bicyclic) bond motifs is 1. The van der Waals surface area contributed by atoms with Crippen LogP contribution in [0.2, 0.25) is 5.02 Å². The van der Waals surface area contributed by atoms with Gasteiger partial charge in [0, 0.05) is 46.5 Å². The van der Waals surface area contributed by atoms with Gasteiger partial charge in [0.2, 0.25) is 11.8 Å². The Morgan fingerprint density at radius 1 is 0.977 bits per heavy atom. The summed E-state index contributed by atoms with van der Waals surface area (Å²) >= 11 is 5.98. The maximum atomic E-state index is 15.2. The molecule has 1 aromatic heterocycles. The molecule has 5 rings (SSSR count). The van der Waals surface area contributed by atoms with E-state index >= 15 is 4.39 Å². The maximum Gasteiger partial charge on any atom is 2.00 e. The van der Waals surface area contributed by atoms with Gasteiger partial charge in [-0.2, -0.15) is 0 Å². The molecule has 1 aliphatic carbocycles. The number of nitrogens with zero attached hydrogens (tertiary/aromatic N) is 1. The molecule has 10 nitrogen and oxygen atoms in total. The maximum absolute atomic E-state index is 15.2. The molecule has 0 bridgehead atoms. The van der Waals surface area contributed by atoms with Gasteiger partial charge in [0.25, 0.3) is 0 Å². The second kappa shape index (κ2) is 14.4. The molecular formula is C31H29CaClFN3O7. The molecule has 1 aliphatic rings. The summed E-state index contributed by atoms with van der Waals surface area (Å²) in [5.41, 5.74) is -0.115. The van der Waals surface area contributed by atoms with Crippen LogP contribution in [-0.4, -0.2) is 79.3 Å². The zero-order chi connectivity index (χ0) is 30.6. The second-order valence-corrected chi connectivity index (χ2v) is 10.4. The van der Waals surface area contributed by atoms with Crippen LogP contribution in [0.3, 0.4) is 0 Å². The van der Waals surface area contributed by atoms with Gasteiger partial charge < -0.3 is 32.8 Å². The summed E-state index contributed by atoms with van der Waals surface area (Å²) in [4.78, 5) is 41.0. The molecule has 4 aromatic rings. The average molecular weight is 650 g/mol. The van der Waals surface area contributed by atoms with Crippen molar-refractivity contribution >= 4 is 89.4 Å². The number of carboxylic acid groups (broad SMARTS) is 1.